The number of piperazine rings is 1. The van der Waals surface area contributed by atoms with E-state index in [0.29, 0.717) is 18.4 Å². The maximum absolute atomic E-state index is 13.5. The summed E-state index contributed by atoms with van der Waals surface area (Å²) in [7, 11) is -2.98. The van der Waals surface area contributed by atoms with Gasteiger partial charge >= 0.3 is 6.03 Å². The van der Waals surface area contributed by atoms with E-state index in [-0.39, 0.29) is 35.3 Å². The second kappa shape index (κ2) is 9.88. The van der Waals surface area contributed by atoms with Crippen LogP contribution in [0.5, 0.6) is 0 Å². The lowest BCUT2D eigenvalue weighted by Gasteiger charge is -2.54. The molecule has 3 aliphatic rings. The summed E-state index contributed by atoms with van der Waals surface area (Å²) < 4.78 is 24.0. The van der Waals surface area contributed by atoms with Crippen molar-refractivity contribution < 1.29 is 18.0 Å². The van der Waals surface area contributed by atoms with Crippen molar-refractivity contribution >= 4 is 27.5 Å². The van der Waals surface area contributed by atoms with Crippen LogP contribution in [-0.4, -0.2) is 66.3 Å². The minimum Gasteiger partial charge on any atom is -0.333 e. The van der Waals surface area contributed by atoms with E-state index in [0.717, 1.165) is 56.2 Å². The second-order valence-electron chi connectivity index (χ2n) is 10.7. The molecule has 1 aliphatic heterocycles. The number of hydrogen-bond donors (Lipinski definition) is 1. The minimum absolute atomic E-state index is 0.0181. The Morgan fingerprint density at radius 2 is 1.62 bits per heavy atom. The highest BCUT2D eigenvalue weighted by atomic mass is 32.2. The summed E-state index contributed by atoms with van der Waals surface area (Å²) in [6.45, 7) is 6.17. The molecule has 0 radical (unpaired) electrons. The van der Waals surface area contributed by atoms with Crippen LogP contribution in [0.25, 0.3) is 0 Å². The average molecular weight is 490 g/mol. The molecular formula is C26H39N3O4S. The molecule has 1 N–H and O–H groups in total. The van der Waals surface area contributed by atoms with Crippen molar-refractivity contribution in [3.8, 4) is 0 Å². The Hall–Kier alpha value is -2.09. The largest absolute Gasteiger partial charge is 0.333 e. The first-order valence-electron chi connectivity index (χ1n) is 12.7. The lowest BCUT2D eigenvalue weighted by molar-refractivity contribution is -0.141. The third-order valence-electron chi connectivity index (χ3n) is 8.52. The number of rotatable bonds is 3. The Morgan fingerprint density at radius 3 is 2.24 bits per heavy atom. The van der Waals surface area contributed by atoms with Gasteiger partial charge in [-0.1, -0.05) is 18.2 Å². The highest BCUT2D eigenvalue weighted by Gasteiger charge is 2.47. The molecule has 1 aromatic rings. The number of aryl methyl sites for hydroxylation is 1. The van der Waals surface area contributed by atoms with Gasteiger partial charge in [0.05, 0.1) is 17.3 Å². The van der Waals surface area contributed by atoms with Crippen LogP contribution < -0.4 is 5.32 Å². The van der Waals surface area contributed by atoms with Gasteiger partial charge in [0.25, 0.3) is 0 Å². The van der Waals surface area contributed by atoms with E-state index >= 15 is 0 Å². The first-order chi connectivity index (χ1) is 16.1. The molecule has 3 unspecified atom stereocenters. The van der Waals surface area contributed by atoms with Gasteiger partial charge in [-0.2, -0.15) is 0 Å². The first kappa shape index (κ1) is 25.0. The number of benzene rings is 1. The number of para-hydroxylation sites is 1. The topological polar surface area (TPSA) is 86.8 Å². The highest BCUT2D eigenvalue weighted by molar-refractivity contribution is 7.91. The van der Waals surface area contributed by atoms with Gasteiger partial charge < -0.3 is 15.1 Å². The lowest BCUT2D eigenvalue weighted by Crippen LogP contribution is -2.67. The number of nitrogens with zero attached hydrogens (tertiary/aromatic N) is 2. The summed E-state index contributed by atoms with van der Waals surface area (Å²) in [4.78, 5) is 30.0. The van der Waals surface area contributed by atoms with Crippen LogP contribution in [0, 0.1) is 18.8 Å². The van der Waals surface area contributed by atoms with Crippen molar-refractivity contribution in [2.45, 2.75) is 89.1 Å². The Bertz CT molecular complexity index is 1020. The van der Waals surface area contributed by atoms with Crippen LogP contribution in [0.2, 0.25) is 0 Å². The number of carbonyl (C=O) groups is 2. The van der Waals surface area contributed by atoms with E-state index in [1.54, 1.807) is 6.92 Å². The van der Waals surface area contributed by atoms with Gasteiger partial charge in [0.15, 0.2) is 0 Å². The fraction of sp³-hybridized carbons (Fsp3) is 0.692. The summed E-state index contributed by atoms with van der Waals surface area (Å²) >= 11 is 0. The van der Waals surface area contributed by atoms with Gasteiger partial charge in [-0.25, -0.2) is 13.2 Å². The summed E-state index contributed by atoms with van der Waals surface area (Å²) in [6.07, 6.45) is 7.48. The van der Waals surface area contributed by atoms with E-state index in [9.17, 15) is 18.0 Å². The molecule has 7 nitrogen and oxygen atoms in total. The molecule has 0 bridgehead atoms. The van der Waals surface area contributed by atoms with Crippen LogP contribution in [-0.2, 0) is 14.6 Å². The molecule has 188 valence electrons. The van der Waals surface area contributed by atoms with E-state index in [1.165, 1.54) is 6.26 Å². The van der Waals surface area contributed by atoms with Gasteiger partial charge in [0.2, 0.25) is 5.91 Å². The third kappa shape index (κ3) is 5.11. The van der Waals surface area contributed by atoms with E-state index in [4.69, 9.17) is 0 Å². The number of fused-ring (bicyclic) bond motifs is 1. The zero-order valence-electron chi connectivity index (χ0n) is 20.9. The monoisotopic (exact) mass is 489 g/mol. The third-order valence-corrected chi connectivity index (χ3v) is 10.2. The highest BCUT2D eigenvalue weighted by Crippen LogP contribution is 2.43. The lowest BCUT2D eigenvalue weighted by atomic mass is 9.69. The fourth-order valence-corrected chi connectivity index (χ4v) is 7.88. The summed E-state index contributed by atoms with van der Waals surface area (Å²) in [6, 6.07) is 7.68. The van der Waals surface area contributed by atoms with Crippen LogP contribution >= 0.6 is 0 Å². The van der Waals surface area contributed by atoms with Crippen molar-refractivity contribution in [3.05, 3.63) is 29.8 Å². The van der Waals surface area contributed by atoms with Gasteiger partial charge in [-0.15, -0.1) is 0 Å². The van der Waals surface area contributed by atoms with Crippen molar-refractivity contribution in [1.82, 2.24) is 9.80 Å². The quantitative estimate of drug-likeness (QED) is 0.689. The van der Waals surface area contributed by atoms with Crippen molar-refractivity contribution in [3.63, 3.8) is 0 Å². The molecule has 2 saturated carbocycles. The van der Waals surface area contributed by atoms with Crippen LogP contribution in [0.4, 0.5) is 10.5 Å². The van der Waals surface area contributed by atoms with Gasteiger partial charge in [0, 0.05) is 31.5 Å². The molecule has 8 heteroatoms. The Kier molecular flexibility index (Phi) is 7.27. The molecule has 3 fully saturated rings. The molecule has 4 atom stereocenters. The number of nitrogens with one attached hydrogen (secondary N) is 1. The second-order valence-corrected chi connectivity index (χ2v) is 13.1. The molecule has 1 heterocycles. The average Bonchev–Trinajstić information content (AvgIpc) is 2.79. The number of amides is 3. The predicted octanol–water partition coefficient (Wildman–Crippen LogP) is 4.22. The summed E-state index contributed by atoms with van der Waals surface area (Å²) in [5.74, 6) is 1.02. The SMILES string of the molecule is CC(=O)N1C2CCC(C3CCC(S(C)(=O)=O)CC3)CC2N(C(=O)Nc2ccccc2C)C[C@@H]1C. The Morgan fingerprint density at radius 1 is 0.971 bits per heavy atom. The number of hydrogen-bond acceptors (Lipinski definition) is 4. The van der Waals surface area contributed by atoms with Crippen molar-refractivity contribution in [2.75, 3.05) is 18.1 Å². The van der Waals surface area contributed by atoms with Gasteiger partial charge in [-0.05, 0) is 82.3 Å². The smallest absolute Gasteiger partial charge is 0.322 e. The summed E-state index contributed by atoms with van der Waals surface area (Å²) in [5, 5.41) is 2.90. The molecule has 1 saturated heterocycles. The maximum Gasteiger partial charge on any atom is 0.322 e. The van der Waals surface area contributed by atoms with Crippen molar-refractivity contribution in [1.29, 1.82) is 0 Å². The number of anilines is 1. The maximum atomic E-state index is 13.5. The summed E-state index contributed by atoms with van der Waals surface area (Å²) in [5.41, 5.74) is 1.84. The number of sulfone groups is 1. The Labute approximate surface area is 204 Å². The normalized spacial score (nSPS) is 32.1. The van der Waals surface area contributed by atoms with Crippen molar-refractivity contribution in [2.24, 2.45) is 11.8 Å². The Balaban J connectivity index is 1.52. The van der Waals surface area contributed by atoms with Gasteiger partial charge in [-0.3, -0.25) is 4.79 Å². The number of urea groups is 1. The molecular weight excluding hydrogens is 450 g/mol. The standard InChI is InChI=1S/C26H39N3O4S/c1-17-7-5-6-8-23(17)27-26(31)28-16-18(2)29(19(3)30)24-14-11-21(15-25(24)28)20-9-12-22(13-10-20)34(4,32)33/h5-8,18,20-22,24-25H,9-16H2,1-4H3,(H,27,31)/t18-,20?,21?,22?,24?,25?/m0/s1. The number of carbonyl (C=O) groups excluding carboxylic acids is 2. The first-order valence-corrected chi connectivity index (χ1v) is 14.6. The zero-order chi connectivity index (χ0) is 24.6. The minimum atomic E-state index is -2.98. The van der Waals surface area contributed by atoms with Crippen LogP contribution in [0.1, 0.15) is 64.4 Å². The molecule has 3 amide bonds. The molecule has 34 heavy (non-hydrogen) atoms. The molecule has 0 spiro atoms. The van der Waals surface area contributed by atoms with Gasteiger partial charge in [0.1, 0.15) is 9.84 Å². The fourth-order valence-electron chi connectivity index (χ4n) is 6.75. The van der Waals surface area contributed by atoms with Crippen LogP contribution in [0.15, 0.2) is 24.3 Å². The van der Waals surface area contributed by atoms with Crippen LogP contribution in [0.3, 0.4) is 0 Å². The zero-order valence-corrected chi connectivity index (χ0v) is 21.7. The van der Waals surface area contributed by atoms with E-state index in [2.05, 4.69) is 5.32 Å². The molecule has 4 rings (SSSR count). The molecule has 2 aliphatic carbocycles. The molecule has 1 aromatic carbocycles. The molecule has 0 aromatic heterocycles. The van der Waals surface area contributed by atoms with E-state index in [1.807, 2.05) is 47.9 Å². The van der Waals surface area contributed by atoms with E-state index < -0.39 is 9.84 Å². The predicted molar refractivity (Wildman–Crippen MR) is 134 cm³/mol.